The molecule has 136 valence electrons. The summed E-state index contributed by atoms with van der Waals surface area (Å²) >= 11 is 0. The van der Waals surface area contributed by atoms with Gasteiger partial charge in [0.05, 0.1) is 0 Å². The normalized spacial score (nSPS) is 14.5. The molecule has 1 fully saturated rings. The van der Waals surface area contributed by atoms with Crippen LogP contribution in [0.4, 0.5) is 10.5 Å². The lowest BCUT2D eigenvalue weighted by Crippen LogP contribution is -2.38. The molecule has 1 N–H and O–H groups in total. The van der Waals surface area contributed by atoms with Gasteiger partial charge in [-0.25, -0.2) is 4.79 Å². The van der Waals surface area contributed by atoms with Crippen molar-refractivity contribution in [3.05, 3.63) is 54.6 Å². The third-order valence-electron chi connectivity index (χ3n) is 4.31. The Labute approximate surface area is 153 Å². The van der Waals surface area contributed by atoms with Crippen molar-refractivity contribution < 1.29 is 14.3 Å². The predicted molar refractivity (Wildman–Crippen MR) is 100 cm³/mol. The van der Waals surface area contributed by atoms with Gasteiger partial charge in [0.2, 0.25) is 5.91 Å². The van der Waals surface area contributed by atoms with Crippen LogP contribution in [0, 0.1) is 0 Å². The molecule has 1 heterocycles. The molecule has 0 atom stereocenters. The van der Waals surface area contributed by atoms with Crippen LogP contribution in [0.25, 0.3) is 0 Å². The Morgan fingerprint density at radius 1 is 0.846 bits per heavy atom. The van der Waals surface area contributed by atoms with E-state index in [0.29, 0.717) is 37.6 Å². The second kappa shape index (κ2) is 8.38. The van der Waals surface area contributed by atoms with Gasteiger partial charge in [-0.2, -0.15) is 0 Å². The van der Waals surface area contributed by atoms with Gasteiger partial charge in [-0.15, -0.1) is 0 Å². The van der Waals surface area contributed by atoms with E-state index in [0.717, 1.165) is 12.2 Å². The number of nitrogens with one attached hydrogen (secondary N) is 1. The summed E-state index contributed by atoms with van der Waals surface area (Å²) in [6.45, 7) is 4.03. The van der Waals surface area contributed by atoms with Crippen LogP contribution in [-0.2, 0) is 4.79 Å². The fraction of sp³-hybridized carbons (Fsp3) is 0.300. The van der Waals surface area contributed by atoms with Crippen LogP contribution >= 0.6 is 0 Å². The van der Waals surface area contributed by atoms with Crippen molar-refractivity contribution in [2.45, 2.75) is 13.3 Å². The average Bonchev–Trinajstić information content (AvgIpc) is 2.91. The van der Waals surface area contributed by atoms with Gasteiger partial charge in [-0.1, -0.05) is 18.2 Å². The van der Waals surface area contributed by atoms with Gasteiger partial charge in [-0.3, -0.25) is 4.79 Å². The minimum absolute atomic E-state index is 0.0567. The molecule has 0 spiro atoms. The molecule has 6 nitrogen and oxygen atoms in total. The molecule has 1 aliphatic rings. The lowest BCUT2D eigenvalue weighted by molar-refractivity contribution is -0.128. The first-order chi connectivity index (χ1) is 12.6. The van der Waals surface area contributed by atoms with Crippen LogP contribution in [-0.4, -0.2) is 47.9 Å². The molecule has 1 aliphatic heterocycles. The number of benzene rings is 2. The maximum absolute atomic E-state index is 12.5. The Hall–Kier alpha value is -3.02. The average molecular weight is 353 g/mol. The van der Waals surface area contributed by atoms with Gasteiger partial charge in [0.15, 0.2) is 0 Å². The number of para-hydroxylation sites is 1. The minimum Gasteiger partial charge on any atom is -0.457 e. The summed E-state index contributed by atoms with van der Waals surface area (Å²) in [4.78, 5) is 27.5. The van der Waals surface area contributed by atoms with Crippen molar-refractivity contribution in [1.29, 1.82) is 0 Å². The molecule has 2 aromatic rings. The van der Waals surface area contributed by atoms with Crippen LogP contribution in [0.2, 0.25) is 0 Å². The molecule has 0 aliphatic carbocycles. The Morgan fingerprint density at radius 2 is 1.46 bits per heavy atom. The Kier molecular flexibility index (Phi) is 5.73. The van der Waals surface area contributed by atoms with Crippen LogP contribution < -0.4 is 10.1 Å². The van der Waals surface area contributed by atoms with E-state index in [1.54, 1.807) is 16.7 Å². The number of anilines is 1. The highest BCUT2D eigenvalue weighted by atomic mass is 16.5. The number of nitrogens with zero attached hydrogens (tertiary/aromatic N) is 2. The van der Waals surface area contributed by atoms with Crippen LogP contribution in [0.15, 0.2) is 54.6 Å². The van der Waals surface area contributed by atoms with Gasteiger partial charge in [0, 0.05) is 38.8 Å². The van der Waals surface area contributed by atoms with Crippen molar-refractivity contribution in [2.75, 3.05) is 31.5 Å². The summed E-state index contributed by atoms with van der Waals surface area (Å²) in [5.41, 5.74) is 0.711. The van der Waals surface area contributed by atoms with E-state index in [2.05, 4.69) is 5.32 Å². The van der Waals surface area contributed by atoms with E-state index in [-0.39, 0.29) is 11.9 Å². The summed E-state index contributed by atoms with van der Waals surface area (Å²) in [7, 11) is 0. The zero-order valence-corrected chi connectivity index (χ0v) is 14.9. The zero-order valence-electron chi connectivity index (χ0n) is 14.9. The molecule has 0 aromatic heterocycles. The van der Waals surface area contributed by atoms with Gasteiger partial charge in [-0.05, 0) is 42.8 Å². The number of amides is 3. The zero-order chi connectivity index (χ0) is 18.4. The van der Waals surface area contributed by atoms with Crippen LogP contribution in [0.3, 0.4) is 0 Å². The fourth-order valence-electron chi connectivity index (χ4n) is 2.87. The SMILES string of the molecule is CC(=O)N1CCCN(C(=O)Nc2ccc(Oc3ccccc3)cc2)CC1. The van der Waals surface area contributed by atoms with E-state index >= 15 is 0 Å². The third-order valence-corrected chi connectivity index (χ3v) is 4.31. The minimum atomic E-state index is -0.146. The summed E-state index contributed by atoms with van der Waals surface area (Å²) in [6, 6.07) is 16.7. The molecule has 3 rings (SSSR count). The number of rotatable bonds is 3. The van der Waals surface area contributed by atoms with Crippen molar-refractivity contribution in [2.24, 2.45) is 0 Å². The topological polar surface area (TPSA) is 61.9 Å². The van der Waals surface area contributed by atoms with Gasteiger partial charge >= 0.3 is 6.03 Å². The molecule has 0 bridgehead atoms. The monoisotopic (exact) mass is 353 g/mol. The summed E-state index contributed by atoms with van der Waals surface area (Å²) in [5, 5.41) is 2.90. The second-order valence-electron chi connectivity index (χ2n) is 6.22. The van der Waals surface area contributed by atoms with Crippen molar-refractivity contribution in [1.82, 2.24) is 9.80 Å². The van der Waals surface area contributed by atoms with Gasteiger partial charge in [0.1, 0.15) is 11.5 Å². The summed E-state index contributed by atoms with van der Waals surface area (Å²) in [5.74, 6) is 1.53. The lowest BCUT2D eigenvalue weighted by Gasteiger charge is -2.21. The maximum Gasteiger partial charge on any atom is 0.321 e. The molecular formula is C20H23N3O3. The fourth-order valence-corrected chi connectivity index (χ4v) is 2.87. The first-order valence-electron chi connectivity index (χ1n) is 8.76. The number of carbonyl (C=O) groups excluding carboxylic acids is 2. The van der Waals surface area contributed by atoms with E-state index in [4.69, 9.17) is 4.74 Å². The Bertz CT molecular complexity index is 747. The molecule has 0 radical (unpaired) electrons. The van der Waals surface area contributed by atoms with E-state index in [9.17, 15) is 9.59 Å². The summed E-state index contributed by atoms with van der Waals surface area (Å²) < 4.78 is 5.74. The third kappa shape index (κ3) is 4.75. The summed E-state index contributed by atoms with van der Waals surface area (Å²) in [6.07, 6.45) is 0.789. The first-order valence-corrected chi connectivity index (χ1v) is 8.76. The molecule has 26 heavy (non-hydrogen) atoms. The Morgan fingerprint density at radius 3 is 2.15 bits per heavy atom. The molecule has 0 unspecified atom stereocenters. The van der Waals surface area contributed by atoms with Crippen LogP contribution in [0.5, 0.6) is 11.5 Å². The number of hydrogen-bond acceptors (Lipinski definition) is 3. The molecule has 3 amide bonds. The molecular weight excluding hydrogens is 330 g/mol. The quantitative estimate of drug-likeness (QED) is 0.918. The highest BCUT2D eigenvalue weighted by Crippen LogP contribution is 2.22. The van der Waals surface area contributed by atoms with E-state index in [1.807, 2.05) is 54.6 Å². The first kappa shape index (κ1) is 17.8. The standard InChI is InChI=1S/C20H23N3O3/c1-16(24)22-12-5-13-23(15-14-22)20(25)21-17-8-10-19(11-9-17)26-18-6-3-2-4-7-18/h2-4,6-11H,5,12-15H2,1H3,(H,21,25). The van der Waals surface area contributed by atoms with E-state index in [1.165, 1.54) is 0 Å². The molecule has 0 saturated carbocycles. The van der Waals surface area contributed by atoms with Crippen molar-refractivity contribution >= 4 is 17.6 Å². The smallest absolute Gasteiger partial charge is 0.321 e. The largest absolute Gasteiger partial charge is 0.457 e. The van der Waals surface area contributed by atoms with E-state index < -0.39 is 0 Å². The Balaban J connectivity index is 1.55. The van der Waals surface area contributed by atoms with Crippen molar-refractivity contribution in [3.63, 3.8) is 0 Å². The number of ether oxygens (including phenoxy) is 1. The number of hydrogen-bond donors (Lipinski definition) is 1. The molecule has 6 heteroatoms. The molecule has 1 saturated heterocycles. The number of urea groups is 1. The van der Waals surface area contributed by atoms with Gasteiger partial charge < -0.3 is 19.9 Å². The van der Waals surface area contributed by atoms with Crippen LogP contribution in [0.1, 0.15) is 13.3 Å². The number of carbonyl (C=O) groups is 2. The maximum atomic E-state index is 12.5. The lowest BCUT2D eigenvalue weighted by atomic mass is 10.3. The highest BCUT2D eigenvalue weighted by Gasteiger charge is 2.20. The second-order valence-corrected chi connectivity index (χ2v) is 6.22. The molecule has 2 aromatic carbocycles. The predicted octanol–water partition coefficient (Wildman–Crippen LogP) is 3.57. The van der Waals surface area contributed by atoms with Crippen molar-refractivity contribution in [3.8, 4) is 11.5 Å². The van der Waals surface area contributed by atoms with Gasteiger partial charge in [0.25, 0.3) is 0 Å². The highest BCUT2D eigenvalue weighted by molar-refractivity contribution is 5.89.